The number of sulfone groups is 1. The van der Waals surface area contributed by atoms with E-state index in [4.69, 9.17) is 5.73 Å². The van der Waals surface area contributed by atoms with Gasteiger partial charge in [-0.05, 0) is 31.0 Å². The van der Waals surface area contributed by atoms with Gasteiger partial charge in [0, 0.05) is 13.3 Å². The van der Waals surface area contributed by atoms with Crippen LogP contribution in [-0.2, 0) is 22.4 Å². The zero-order chi connectivity index (χ0) is 15.1. The lowest BCUT2D eigenvalue weighted by Crippen LogP contribution is -2.37. The highest BCUT2D eigenvalue weighted by Gasteiger charge is 2.29. The average molecular weight is 295 g/mol. The van der Waals surface area contributed by atoms with Crippen LogP contribution in [-0.4, -0.2) is 24.2 Å². The number of imidazole rings is 1. The van der Waals surface area contributed by atoms with Crippen LogP contribution in [0.15, 0.2) is 23.1 Å². The number of rotatable bonds is 4. The van der Waals surface area contributed by atoms with E-state index < -0.39 is 15.4 Å². The molecule has 0 fully saturated rings. The third-order valence-electron chi connectivity index (χ3n) is 3.99. The summed E-state index contributed by atoms with van der Waals surface area (Å²) in [6.07, 6.45) is 2.75. The number of nitrogens with zero attached hydrogens (tertiary/aromatic N) is 2. The Morgan fingerprint density at radius 2 is 1.90 bits per heavy atom. The van der Waals surface area contributed by atoms with Crippen molar-refractivity contribution in [2.75, 3.05) is 6.26 Å². The minimum absolute atomic E-state index is 0.283. The quantitative estimate of drug-likeness (QED) is 0.935. The molecule has 0 aliphatic rings. The van der Waals surface area contributed by atoms with Crippen molar-refractivity contribution in [2.24, 2.45) is 12.8 Å². The van der Waals surface area contributed by atoms with Gasteiger partial charge < -0.3 is 10.3 Å². The maximum Gasteiger partial charge on any atom is 0.175 e. The molecule has 1 aromatic carbocycles. The van der Waals surface area contributed by atoms with Gasteiger partial charge in [0.25, 0.3) is 0 Å². The summed E-state index contributed by atoms with van der Waals surface area (Å²) in [4.78, 5) is 4.86. The van der Waals surface area contributed by atoms with Gasteiger partial charge in [0.1, 0.15) is 5.82 Å². The van der Waals surface area contributed by atoms with Crippen molar-refractivity contribution in [2.45, 2.75) is 37.1 Å². The highest BCUT2D eigenvalue weighted by molar-refractivity contribution is 7.90. The number of aromatic nitrogens is 2. The lowest BCUT2D eigenvalue weighted by molar-refractivity contribution is 0.378. The van der Waals surface area contributed by atoms with Gasteiger partial charge in [-0.2, -0.15) is 0 Å². The van der Waals surface area contributed by atoms with Crippen LogP contribution in [0.2, 0.25) is 0 Å². The highest BCUT2D eigenvalue weighted by atomic mass is 32.2. The van der Waals surface area contributed by atoms with Crippen molar-refractivity contribution in [3.05, 3.63) is 24.0 Å². The van der Waals surface area contributed by atoms with Crippen molar-refractivity contribution in [3.63, 3.8) is 0 Å². The topological polar surface area (TPSA) is 78.0 Å². The molecule has 0 amide bonds. The van der Waals surface area contributed by atoms with Crippen LogP contribution in [0.1, 0.15) is 32.5 Å². The van der Waals surface area contributed by atoms with E-state index in [1.807, 2.05) is 25.5 Å². The fourth-order valence-corrected chi connectivity index (χ4v) is 3.06. The van der Waals surface area contributed by atoms with Crippen LogP contribution in [0.4, 0.5) is 0 Å². The van der Waals surface area contributed by atoms with Crippen LogP contribution >= 0.6 is 0 Å². The first-order valence-corrected chi connectivity index (χ1v) is 8.58. The molecule has 20 heavy (non-hydrogen) atoms. The van der Waals surface area contributed by atoms with E-state index in [2.05, 4.69) is 4.98 Å². The van der Waals surface area contributed by atoms with Crippen molar-refractivity contribution >= 4 is 20.9 Å². The largest absolute Gasteiger partial charge is 0.330 e. The molecular weight excluding hydrogens is 274 g/mol. The first kappa shape index (κ1) is 15.0. The number of aryl methyl sites for hydroxylation is 1. The Labute approximate surface area is 119 Å². The molecule has 0 aliphatic carbocycles. The van der Waals surface area contributed by atoms with Gasteiger partial charge in [-0.25, -0.2) is 13.4 Å². The molecule has 1 heterocycles. The Bertz CT molecular complexity index is 743. The van der Waals surface area contributed by atoms with Gasteiger partial charge in [0.2, 0.25) is 0 Å². The molecule has 0 aliphatic heterocycles. The Hall–Kier alpha value is -1.40. The van der Waals surface area contributed by atoms with Gasteiger partial charge in [0.15, 0.2) is 9.84 Å². The summed E-state index contributed by atoms with van der Waals surface area (Å²) >= 11 is 0. The summed E-state index contributed by atoms with van der Waals surface area (Å²) in [7, 11) is -1.31. The normalized spacial score (nSPS) is 13.1. The molecule has 0 atom stereocenters. The molecule has 1 aromatic heterocycles. The third kappa shape index (κ3) is 2.33. The summed E-state index contributed by atoms with van der Waals surface area (Å²) in [6, 6.07) is 5.01. The molecule has 6 heteroatoms. The second-order valence-corrected chi connectivity index (χ2v) is 7.30. The van der Waals surface area contributed by atoms with E-state index in [1.165, 1.54) is 6.26 Å². The molecule has 0 unspecified atom stereocenters. The average Bonchev–Trinajstić information content (AvgIpc) is 2.74. The number of fused-ring (bicyclic) bond motifs is 1. The van der Waals surface area contributed by atoms with Gasteiger partial charge in [-0.3, -0.25) is 0 Å². The predicted octanol–water partition coefficient (Wildman–Crippen LogP) is 1.95. The summed E-state index contributed by atoms with van der Waals surface area (Å²) in [5.41, 5.74) is 7.48. The Morgan fingerprint density at radius 3 is 2.40 bits per heavy atom. The summed E-state index contributed by atoms with van der Waals surface area (Å²) in [5.74, 6) is 0.795. The molecule has 0 saturated carbocycles. The van der Waals surface area contributed by atoms with E-state index in [0.717, 1.165) is 24.2 Å². The zero-order valence-corrected chi connectivity index (χ0v) is 13.2. The molecule has 0 saturated heterocycles. The number of hydrogen-bond donors (Lipinski definition) is 1. The van der Waals surface area contributed by atoms with E-state index in [-0.39, 0.29) is 4.90 Å². The lowest BCUT2D eigenvalue weighted by atomic mass is 9.93. The predicted molar refractivity (Wildman–Crippen MR) is 80.3 cm³/mol. The molecule has 0 spiro atoms. The van der Waals surface area contributed by atoms with E-state index in [0.29, 0.717) is 5.52 Å². The molecule has 2 rings (SSSR count). The molecule has 2 N–H and O–H groups in total. The molecule has 0 radical (unpaired) electrons. The van der Waals surface area contributed by atoms with Crippen molar-refractivity contribution < 1.29 is 8.42 Å². The Kier molecular flexibility index (Phi) is 3.64. The van der Waals surface area contributed by atoms with Crippen LogP contribution < -0.4 is 5.73 Å². The second-order valence-electron chi connectivity index (χ2n) is 5.28. The molecule has 110 valence electrons. The first-order chi connectivity index (χ1) is 9.23. The summed E-state index contributed by atoms with van der Waals surface area (Å²) in [6.45, 7) is 4.07. The molecule has 5 nitrogen and oxygen atoms in total. The minimum Gasteiger partial charge on any atom is -0.330 e. The van der Waals surface area contributed by atoms with Gasteiger partial charge >= 0.3 is 0 Å². The van der Waals surface area contributed by atoms with E-state index in [9.17, 15) is 8.42 Å². The maximum atomic E-state index is 11.6. The van der Waals surface area contributed by atoms with Gasteiger partial charge in [-0.1, -0.05) is 13.8 Å². The maximum absolute atomic E-state index is 11.6. The first-order valence-electron chi connectivity index (χ1n) is 6.69. The Balaban J connectivity index is 2.70. The molecule has 0 bridgehead atoms. The summed E-state index contributed by atoms with van der Waals surface area (Å²) in [5, 5.41) is 0. The fourth-order valence-electron chi connectivity index (χ4n) is 2.42. The van der Waals surface area contributed by atoms with Crippen molar-refractivity contribution in [1.29, 1.82) is 0 Å². The molecule has 2 aromatic rings. The molecular formula is C14H21N3O2S. The number of benzene rings is 1. The second kappa shape index (κ2) is 4.86. The number of nitrogens with two attached hydrogens (primary N) is 1. The van der Waals surface area contributed by atoms with Gasteiger partial charge in [-0.15, -0.1) is 0 Å². The van der Waals surface area contributed by atoms with Crippen LogP contribution in [0.25, 0.3) is 11.0 Å². The van der Waals surface area contributed by atoms with Crippen molar-refractivity contribution in [3.8, 4) is 0 Å². The number of hydrogen-bond acceptors (Lipinski definition) is 4. The monoisotopic (exact) mass is 295 g/mol. The van der Waals surface area contributed by atoms with Crippen LogP contribution in [0.3, 0.4) is 0 Å². The standard InChI is InChI=1S/C14H21N3O2S/c1-5-14(15,6-2)13-16-11-9-10(20(4,18)19)7-8-12(11)17(13)3/h7-9H,5-6,15H2,1-4H3. The van der Waals surface area contributed by atoms with Crippen molar-refractivity contribution in [1.82, 2.24) is 9.55 Å². The Morgan fingerprint density at radius 1 is 1.30 bits per heavy atom. The van der Waals surface area contributed by atoms with Crippen LogP contribution in [0.5, 0.6) is 0 Å². The highest BCUT2D eigenvalue weighted by Crippen LogP contribution is 2.28. The minimum atomic E-state index is -3.22. The lowest BCUT2D eigenvalue weighted by Gasteiger charge is -2.25. The van der Waals surface area contributed by atoms with Gasteiger partial charge in [0.05, 0.1) is 21.5 Å². The smallest absolute Gasteiger partial charge is 0.175 e. The summed E-state index contributed by atoms with van der Waals surface area (Å²) < 4.78 is 25.2. The van der Waals surface area contributed by atoms with E-state index >= 15 is 0 Å². The van der Waals surface area contributed by atoms with Crippen LogP contribution in [0, 0.1) is 0 Å². The third-order valence-corrected chi connectivity index (χ3v) is 5.10. The fraction of sp³-hybridized carbons (Fsp3) is 0.500. The SMILES string of the molecule is CCC(N)(CC)c1nc2cc(S(C)(=O)=O)ccc2n1C. The van der Waals surface area contributed by atoms with E-state index in [1.54, 1.807) is 18.2 Å². The zero-order valence-electron chi connectivity index (χ0n) is 12.3.